The Hall–Kier alpha value is -6.13. The molecule has 1 aliphatic rings. The number of rotatable bonds is 15. The lowest BCUT2D eigenvalue weighted by atomic mass is 10.0. The van der Waals surface area contributed by atoms with Crippen LogP contribution in [0.25, 0.3) is 27.8 Å². The predicted molar refractivity (Wildman–Crippen MR) is 222 cm³/mol. The maximum atomic E-state index is 6.11. The molecule has 10 heteroatoms. The second-order valence-corrected chi connectivity index (χ2v) is 14.0. The normalized spacial score (nSPS) is 13.6. The van der Waals surface area contributed by atoms with Crippen molar-refractivity contribution in [2.24, 2.45) is 4.99 Å². The quantitative estimate of drug-likeness (QED) is 0.0315. The van der Waals surface area contributed by atoms with Gasteiger partial charge in [-0.15, -0.1) is 4.57 Å². The summed E-state index contributed by atoms with van der Waals surface area (Å²) in [4.78, 5) is 18.5. The number of hydrogen-bond acceptors (Lipinski definition) is 8. The van der Waals surface area contributed by atoms with E-state index in [0.29, 0.717) is 11.6 Å². The monoisotopic (exact) mass is 718 g/mol. The highest BCUT2D eigenvalue weighted by atomic mass is 15.0. The average molecular weight is 719 g/mol. The second kappa shape index (κ2) is 17.1. The topological polar surface area (TPSA) is 148 Å². The van der Waals surface area contributed by atoms with Gasteiger partial charge in [0.1, 0.15) is 28.5 Å². The Balaban J connectivity index is 0.850. The number of allylic oxidation sites excluding steroid dienone is 3. The van der Waals surface area contributed by atoms with Crippen LogP contribution in [0.5, 0.6) is 0 Å². The van der Waals surface area contributed by atoms with Crippen molar-refractivity contribution in [3.63, 3.8) is 0 Å². The number of nitrogens with zero attached hydrogens (tertiary/aromatic N) is 5. The molecule has 3 heterocycles. The van der Waals surface area contributed by atoms with Crippen molar-refractivity contribution < 1.29 is 9.88 Å². The third-order valence-electron chi connectivity index (χ3n) is 9.82. The number of unbranched alkanes of at least 4 members (excludes halogenated alkanes) is 5. The fourth-order valence-corrected chi connectivity index (χ4v) is 6.99. The molecule has 3 aromatic carbocycles. The van der Waals surface area contributed by atoms with Gasteiger partial charge in [-0.05, 0) is 62.1 Å². The smallest absolute Gasteiger partial charge is 0.242 e. The lowest BCUT2D eigenvalue weighted by molar-refractivity contribution is -0.538. The third kappa shape index (κ3) is 8.90. The van der Waals surface area contributed by atoms with Gasteiger partial charge in [0.05, 0.1) is 18.5 Å². The molecule has 0 saturated heterocycles. The molecule has 0 bridgehead atoms. The molecule has 0 saturated carbocycles. The van der Waals surface area contributed by atoms with E-state index in [0.717, 1.165) is 88.6 Å². The highest BCUT2D eigenvalue weighted by Crippen LogP contribution is 2.27. The van der Waals surface area contributed by atoms with Crippen LogP contribution < -0.4 is 32.0 Å². The van der Waals surface area contributed by atoms with E-state index in [9.17, 15) is 0 Å². The molecular weight excluding hydrogens is 669 g/mol. The summed E-state index contributed by atoms with van der Waals surface area (Å²) in [5.41, 5.74) is 25.5. The van der Waals surface area contributed by atoms with E-state index in [4.69, 9.17) is 21.4 Å². The number of aryl methyl sites for hydroxylation is 1. The number of benzene rings is 3. The van der Waals surface area contributed by atoms with Crippen molar-refractivity contribution >= 4 is 62.2 Å². The van der Waals surface area contributed by atoms with Gasteiger partial charge in [0.15, 0.2) is 11.2 Å². The highest BCUT2D eigenvalue weighted by Gasteiger charge is 2.21. The third-order valence-corrected chi connectivity index (χ3v) is 9.82. The van der Waals surface area contributed by atoms with E-state index < -0.39 is 0 Å². The van der Waals surface area contributed by atoms with Gasteiger partial charge in [-0.2, -0.15) is 0 Å². The maximum Gasteiger partial charge on any atom is 0.242 e. The zero-order chi connectivity index (χ0) is 37.3. The molecule has 0 radical (unpaired) electrons. The summed E-state index contributed by atoms with van der Waals surface area (Å²) in [6.45, 7) is 6.20. The average Bonchev–Trinajstić information content (AvgIpc) is 3.17. The zero-order valence-electron chi connectivity index (χ0n) is 31.2. The molecule has 3 aromatic heterocycles. The first-order valence-electron chi connectivity index (χ1n) is 19.0. The Morgan fingerprint density at radius 1 is 0.741 bits per heavy atom. The lowest BCUT2D eigenvalue weighted by Crippen LogP contribution is -2.71. The molecular formula is C44H50N10+2. The SMILES string of the molecule is CC1=CC(=Nc2cnc(N)cc2[NH2+]c2ccccc2)CC=C1NCCCCCCCCNc1cc2c(cc1C)nc1cnc(N)cc1[n+]2-c1ccccc1. The highest BCUT2D eigenvalue weighted by molar-refractivity contribution is 6.00. The number of nitrogens with two attached hydrogens (primary N) is 3. The summed E-state index contributed by atoms with van der Waals surface area (Å²) < 4.78 is 2.23. The fraction of sp³-hybridized carbons (Fsp3) is 0.250. The molecule has 6 aromatic rings. The van der Waals surface area contributed by atoms with Gasteiger partial charge in [-0.3, -0.25) is 5.32 Å². The fourth-order valence-electron chi connectivity index (χ4n) is 6.99. The molecule has 8 N–H and O–H groups in total. The van der Waals surface area contributed by atoms with E-state index in [2.05, 4.69) is 105 Å². The summed E-state index contributed by atoms with van der Waals surface area (Å²) in [6, 6.07) is 28.7. The van der Waals surface area contributed by atoms with Crippen LogP contribution in [0.3, 0.4) is 0 Å². The Bertz CT molecular complexity index is 2330. The first-order chi connectivity index (χ1) is 26.4. The van der Waals surface area contributed by atoms with Crippen molar-refractivity contribution in [2.45, 2.75) is 58.8 Å². The van der Waals surface area contributed by atoms with Crippen LogP contribution in [-0.2, 0) is 0 Å². The van der Waals surface area contributed by atoms with Crippen LogP contribution in [0.2, 0.25) is 0 Å². The number of anilines is 3. The van der Waals surface area contributed by atoms with Crippen LogP contribution in [0, 0.1) is 6.92 Å². The summed E-state index contributed by atoms with van der Waals surface area (Å²) in [7, 11) is 0. The Kier molecular flexibility index (Phi) is 11.5. The first-order valence-corrected chi connectivity index (χ1v) is 19.0. The second-order valence-electron chi connectivity index (χ2n) is 14.0. The largest absolute Gasteiger partial charge is 0.385 e. The summed E-state index contributed by atoms with van der Waals surface area (Å²) in [6.07, 6.45) is 15.9. The van der Waals surface area contributed by atoms with Crippen molar-refractivity contribution in [1.29, 1.82) is 0 Å². The van der Waals surface area contributed by atoms with E-state index >= 15 is 0 Å². The van der Waals surface area contributed by atoms with E-state index in [1.807, 2.05) is 36.4 Å². The molecule has 7 rings (SSSR count). The number of pyridine rings is 2. The minimum absolute atomic E-state index is 0.477. The Labute approximate surface area is 317 Å². The van der Waals surface area contributed by atoms with Gasteiger partial charge in [-0.25, -0.2) is 19.9 Å². The Morgan fingerprint density at radius 2 is 1.41 bits per heavy atom. The lowest BCUT2D eigenvalue weighted by Gasteiger charge is -2.16. The minimum atomic E-state index is 0.477. The number of aliphatic imine (C=N–C) groups is 1. The van der Waals surface area contributed by atoms with Crippen molar-refractivity contribution in [3.8, 4) is 5.69 Å². The van der Waals surface area contributed by atoms with E-state index in [1.54, 1.807) is 12.4 Å². The number of fused-ring (bicyclic) bond motifs is 2. The molecule has 0 fully saturated rings. The van der Waals surface area contributed by atoms with Gasteiger partial charge < -0.3 is 22.1 Å². The summed E-state index contributed by atoms with van der Waals surface area (Å²) in [5, 5.41) is 9.46. The van der Waals surface area contributed by atoms with Crippen molar-refractivity contribution in [1.82, 2.24) is 20.3 Å². The van der Waals surface area contributed by atoms with Gasteiger partial charge in [0.25, 0.3) is 0 Å². The molecule has 0 aliphatic heterocycles. The number of para-hydroxylation sites is 2. The van der Waals surface area contributed by atoms with Crippen LogP contribution in [0.15, 0.2) is 126 Å². The zero-order valence-corrected chi connectivity index (χ0v) is 31.2. The number of aromatic nitrogens is 4. The number of nitrogens with one attached hydrogen (secondary N) is 2. The van der Waals surface area contributed by atoms with Crippen LogP contribution >= 0.6 is 0 Å². The van der Waals surface area contributed by atoms with Gasteiger partial charge >= 0.3 is 0 Å². The standard InChI is InChI=1S/C44H48N10/c1-30-23-33(52-39-28-49-43(45)26-37(39)51-32-15-9-7-10-16-32)19-20-35(30)47-21-13-5-3-4-6-14-22-48-36-25-41-38(24-31(36)2)53-40-29-50-44(46)27-42(40)54(41)34-17-11-8-12-18-34/h7-12,15-18,20,23-29,47H,3-6,13-14,19,21-22H2,1-2H3,(H5,45,46,48,49,50,51)/p+2. The van der Waals surface area contributed by atoms with Crippen molar-refractivity contribution in [2.75, 3.05) is 29.9 Å². The van der Waals surface area contributed by atoms with Gasteiger partial charge in [0, 0.05) is 60.9 Å². The van der Waals surface area contributed by atoms with E-state index in [-0.39, 0.29) is 0 Å². The molecule has 0 unspecified atom stereocenters. The molecule has 0 atom stereocenters. The van der Waals surface area contributed by atoms with Crippen molar-refractivity contribution in [3.05, 3.63) is 126 Å². The summed E-state index contributed by atoms with van der Waals surface area (Å²) in [5.74, 6) is 0.965. The number of quaternary nitrogens is 1. The number of hydrogen-bond donors (Lipinski definition) is 5. The molecule has 0 amide bonds. The Morgan fingerprint density at radius 3 is 2.17 bits per heavy atom. The van der Waals surface area contributed by atoms with Crippen LogP contribution in [0.4, 0.5) is 34.4 Å². The molecule has 274 valence electrons. The molecule has 0 spiro atoms. The van der Waals surface area contributed by atoms with E-state index in [1.165, 1.54) is 42.5 Å². The van der Waals surface area contributed by atoms with Crippen LogP contribution in [-0.4, -0.2) is 33.8 Å². The predicted octanol–water partition coefficient (Wildman–Crippen LogP) is 7.80. The molecule has 1 aliphatic carbocycles. The minimum Gasteiger partial charge on any atom is -0.385 e. The molecule has 10 nitrogen and oxygen atoms in total. The summed E-state index contributed by atoms with van der Waals surface area (Å²) >= 11 is 0. The van der Waals surface area contributed by atoms with Gasteiger partial charge in [0.2, 0.25) is 16.7 Å². The first kappa shape index (κ1) is 36.2. The van der Waals surface area contributed by atoms with Crippen LogP contribution in [0.1, 0.15) is 57.4 Å². The number of nitrogen functional groups attached to an aromatic ring is 2. The maximum absolute atomic E-state index is 6.11. The van der Waals surface area contributed by atoms with Gasteiger partial charge in [-0.1, -0.05) is 68.2 Å². The molecule has 54 heavy (non-hydrogen) atoms.